The van der Waals surface area contributed by atoms with E-state index in [1.165, 1.54) is 12.0 Å². The van der Waals surface area contributed by atoms with Gasteiger partial charge in [0.25, 0.3) is 0 Å². The Kier molecular flexibility index (Phi) is 8.15. The number of anilines is 1. The van der Waals surface area contributed by atoms with Gasteiger partial charge in [0.15, 0.2) is 5.12 Å². The number of esters is 1. The van der Waals surface area contributed by atoms with Gasteiger partial charge in [-0.25, -0.2) is 4.79 Å². The van der Waals surface area contributed by atoms with E-state index in [1.807, 2.05) is 26.0 Å². The van der Waals surface area contributed by atoms with Gasteiger partial charge in [-0.05, 0) is 38.0 Å². The van der Waals surface area contributed by atoms with Gasteiger partial charge >= 0.3 is 5.97 Å². The molecular weight excluding hydrogens is 406 g/mol. The van der Waals surface area contributed by atoms with Gasteiger partial charge in [0, 0.05) is 10.4 Å². The standard InChI is InChI=1S/C18H24BrNO4S/c1-10(2)18(23)25-9-15(21)20(13(5)17(22)24-6)16-11(3)7-8-14(19)12(16)4/h7-8,10,13H,9H2,1-6H3. The lowest BCUT2D eigenvalue weighted by Crippen LogP contribution is -2.46. The first-order valence-electron chi connectivity index (χ1n) is 7.94. The van der Waals surface area contributed by atoms with Crippen LogP contribution < -0.4 is 4.90 Å². The topological polar surface area (TPSA) is 63.7 Å². The summed E-state index contributed by atoms with van der Waals surface area (Å²) in [6.07, 6.45) is 0. The van der Waals surface area contributed by atoms with Crippen LogP contribution in [-0.4, -0.2) is 35.9 Å². The van der Waals surface area contributed by atoms with E-state index in [2.05, 4.69) is 15.9 Å². The highest BCUT2D eigenvalue weighted by Gasteiger charge is 2.31. The van der Waals surface area contributed by atoms with E-state index in [-0.39, 0.29) is 22.7 Å². The van der Waals surface area contributed by atoms with Crippen LogP contribution in [0, 0.1) is 19.8 Å². The second-order valence-electron chi connectivity index (χ2n) is 6.06. The number of aryl methyl sites for hydroxylation is 1. The molecule has 5 nitrogen and oxygen atoms in total. The predicted molar refractivity (Wildman–Crippen MR) is 105 cm³/mol. The van der Waals surface area contributed by atoms with Gasteiger partial charge < -0.3 is 4.74 Å². The van der Waals surface area contributed by atoms with Crippen LogP contribution in [0.4, 0.5) is 5.69 Å². The Morgan fingerprint density at radius 1 is 1.20 bits per heavy atom. The van der Waals surface area contributed by atoms with Crippen molar-refractivity contribution in [1.82, 2.24) is 0 Å². The molecule has 0 spiro atoms. The molecule has 1 unspecified atom stereocenters. The average molecular weight is 430 g/mol. The van der Waals surface area contributed by atoms with Crippen molar-refractivity contribution in [2.75, 3.05) is 17.8 Å². The van der Waals surface area contributed by atoms with Gasteiger partial charge in [-0.1, -0.05) is 47.6 Å². The second-order valence-corrected chi connectivity index (χ2v) is 7.90. The third kappa shape index (κ3) is 5.31. The molecule has 0 aliphatic rings. The van der Waals surface area contributed by atoms with Crippen molar-refractivity contribution in [3.8, 4) is 0 Å². The summed E-state index contributed by atoms with van der Waals surface area (Å²) in [7, 11) is 1.29. The summed E-state index contributed by atoms with van der Waals surface area (Å²) in [5, 5.41) is -0.0540. The Bertz CT molecular complexity index is 675. The van der Waals surface area contributed by atoms with Crippen LogP contribution in [0.2, 0.25) is 0 Å². The molecule has 0 radical (unpaired) electrons. The maximum atomic E-state index is 12.9. The molecule has 138 valence electrons. The predicted octanol–water partition coefficient (Wildman–Crippen LogP) is 3.88. The zero-order chi connectivity index (χ0) is 19.3. The zero-order valence-corrected chi connectivity index (χ0v) is 17.8. The molecule has 1 rings (SSSR count). The van der Waals surface area contributed by atoms with Crippen molar-refractivity contribution in [3.05, 3.63) is 27.7 Å². The Hall–Kier alpha value is -1.34. The normalized spacial score (nSPS) is 12.0. The third-order valence-corrected chi connectivity index (χ3v) is 5.82. The van der Waals surface area contributed by atoms with E-state index in [4.69, 9.17) is 4.74 Å². The Balaban J connectivity index is 3.27. The summed E-state index contributed by atoms with van der Waals surface area (Å²) in [4.78, 5) is 38.2. The summed E-state index contributed by atoms with van der Waals surface area (Å²) in [6, 6.07) is 2.98. The first kappa shape index (κ1) is 21.7. The minimum atomic E-state index is -0.793. The fraction of sp³-hybridized carbons (Fsp3) is 0.500. The lowest BCUT2D eigenvalue weighted by molar-refractivity contribution is -0.142. The van der Waals surface area contributed by atoms with Crippen molar-refractivity contribution in [1.29, 1.82) is 0 Å². The van der Waals surface area contributed by atoms with E-state index in [9.17, 15) is 14.4 Å². The quantitative estimate of drug-likeness (QED) is 0.641. The van der Waals surface area contributed by atoms with Crippen molar-refractivity contribution in [2.24, 2.45) is 5.92 Å². The van der Waals surface area contributed by atoms with Crippen LogP contribution >= 0.6 is 27.7 Å². The number of halogens is 1. The van der Waals surface area contributed by atoms with Gasteiger partial charge in [-0.3, -0.25) is 14.5 Å². The van der Waals surface area contributed by atoms with E-state index >= 15 is 0 Å². The highest BCUT2D eigenvalue weighted by atomic mass is 79.9. The molecule has 0 saturated heterocycles. The second kappa shape index (κ2) is 9.38. The molecule has 0 aromatic heterocycles. The smallest absolute Gasteiger partial charge is 0.328 e. The Morgan fingerprint density at radius 3 is 2.32 bits per heavy atom. The molecule has 1 atom stereocenters. The van der Waals surface area contributed by atoms with Crippen LogP contribution in [0.3, 0.4) is 0 Å². The fourth-order valence-corrected chi connectivity index (χ4v) is 3.42. The lowest BCUT2D eigenvalue weighted by Gasteiger charge is -2.30. The largest absolute Gasteiger partial charge is 0.467 e. The number of methoxy groups -OCH3 is 1. The molecule has 0 fully saturated rings. The average Bonchev–Trinajstić information content (AvgIpc) is 2.58. The number of hydrogen-bond donors (Lipinski definition) is 0. The molecule has 0 heterocycles. The maximum Gasteiger partial charge on any atom is 0.328 e. The zero-order valence-electron chi connectivity index (χ0n) is 15.4. The van der Waals surface area contributed by atoms with E-state index < -0.39 is 12.0 Å². The number of hydrogen-bond acceptors (Lipinski definition) is 5. The van der Waals surface area contributed by atoms with Crippen LogP contribution in [0.5, 0.6) is 0 Å². The third-order valence-electron chi connectivity index (χ3n) is 3.82. The summed E-state index contributed by atoms with van der Waals surface area (Å²) >= 11 is 4.44. The Labute approximate surface area is 161 Å². The molecule has 0 N–H and O–H groups in total. The van der Waals surface area contributed by atoms with Gasteiger partial charge in [-0.15, -0.1) is 0 Å². The first-order chi connectivity index (χ1) is 11.6. The van der Waals surface area contributed by atoms with E-state index in [0.29, 0.717) is 5.69 Å². The molecule has 0 aliphatic heterocycles. The van der Waals surface area contributed by atoms with Crippen LogP contribution in [0.15, 0.2) is 16.6 Å². The van der Waals surface area contributed by atoms with Crippen LogP contribution in [0.25, 0.3) is 0 Å². The van der Waals surface area contributed by atoms with Crippen LogP contribution in [0.1, 0.15) is 31.9 Å². The molecule has 25 heavy (non-hydrogen) atoms. The van der Waals surface area contributed by atoms with Crippen molar-refractivity contribution in [2.45, 2.75) is 40.7 Å². The molecule has 1 amide bonds. The monoisotopic (exact) mass is 429 g/mol. The van der Waals surface area contributed by atoms with E-state index in [1.54, 1.807) is 20.8 Å². The molecule has 0 saturated carbocycles. The molecule has 0 bridgehead atoms. The SMILES string of the molecule is COC(=O)C(C)N(C(=O)CSC(=O)C(C)C)c1c(C)ccc(Br)c1C. The van der Waals surface area contributed by atoms with Crippen molar-refractivity contribution >= 4 is 50.4 Å². The number of thioether (sulfide) groups is 1. The molecular formula is C18H24BrNO4S. The molecule has 1 aromatic carbocycles. The molecule has 7 heteroatoms. The number of benzene rings is 1. The Morgan fingerprint density at radius 2 is 1.80 bits per heavy atom. The lowest BCUT2D eigenvalue weighted by atomic mass is 10.1. The number of amides is 1. The van der Waals surface area contributed by atoms with Crippen molar-refractivity contribution < 1.29 is 19.1 Å². The summed E-state index contributed by atoms with van der Waals surface area (Å²) < 4.78 is 5.66. The first-order valence-corrected chi connectivity index (χ1v) is 9.71. The van der Waals surface area contributed by atoms with Crippen molar-refractivity contribution in [3.63, 3.8) is 0 Å². The highest BCUT2D eigenvalue weighted by molar-refractivity contribution is 9.10. The van der Waals surface area contributed by atoms with Crippen LogP contribution in [-0.2, 0) is 19.1 Å². The summed E-state index contributed by atoms with van der Waals surface area (Å²) in [6.45, 7) is 8.96. The summed E-state index contributed by atoms with van der Waals surface area (Å²) in [5.41, 5.74) is 2.38. The minimum absolute atomic E-state index is 0.0241. The van der Waals surface area contributed by atoms with Gasteiger partial charge in [0.1, 0.15) is 6.04 Å². The number of rotatable bonds is 6. The minimum Gasteiger partial charge on any atom is -0.467 e. The number of ether oxygens (including phenoxy) is 1. The van der Waals surface area contributed by atoms with Gasteiger partial charge in [0.05, 0.1) is 18.6 Å². The van der Waals surface area contributed by atoms with Gasteiger partial charge in [-0.2, -0.15) is 0 Å². The molecule has 1 aromatic rings. The molecule has 0 aliphatic carbocycles. The maximum absolute atomic E-state index is 12.9. The van der Waals surface area contributed by atoms with E-state index in [0.717, 1.165) is 27.4 Å². The number of nitrogens with zero attached hydrogens (tertiary/aromatic N) is 1. The number of carbonyl (C=O) groups is 3. The summed E-state index contributed by atoms with van der Waals surface area (Å²) in [5.74, 6) is -0.990. The number of carbonyl (C=O) groups excluding carboxylic acids is 3. The fourth-order valence-electron chi connectivity index (χ4n) is 2.36. The van der Waals surface area contributed by atoms with Gasteiger partial charge in [0.2, 0.25) is 5.91 Å². The highest BCUT2D eigenvalue weighted by Crippen LogP contribution is 2.32.